The van der Waals surface area contributed by atoms with Crippen molar-refractivity contribution in [2.24, 2.45) is 0 Å². The van der Waals surface area contributed by atoms with Crippen molar-refractivity contribution in [1.82, 2.24) is 0 Å². The number of hydrogen-bond donors (Lipinski definition) is 0. The summed E-state index contributed by atoms with van der Waals surface area (Å²) in [4.78, 5) is 0. The molecule has 0 spiro atoms. The third-order valence-corrected chi connectivity index (χ3v) is 8.35. The molecule has 0 N–H and O–H groups in total. The van der Waals surface area contributed by atoms with Crippen molar-refractivity contribution in [3.63, 3.8) is 0 Å². The van der Waals surface area contributed by atoms with Crippen LogP contribution < -0.4 is 8.70 Å². The number of halogens is 1. The van der Waals surface area contributed by atoms with E-state index in [4.69, 9.17) is 11.6 Å². The molecule has 154 valence electrons. The molecule has 2 heteroatoms. The second-order valence-corrected chi connectivity index (χ2v) is 11.1. The molecule has 0 radical (unpaired) electrons. The van der Waals surface area contributed by atoms with Crippen LogP contribution in [-0.2, 0) is 0 Å². The third-order valence-electron chi connectivity index (χ3n) is 5.54. The Bertz CT molecular complexity index is 1330. The zero-order valence-corrected chi connectivity index (χ0v) is 20.4. The van der Waals surface area contributed by atoms with Gasteiger partial charge in [0, 0.05) is 0 Å². The van der Waals surface area contributed by atoms with Crippen molar-refractivity contribution >= 4 is 36.1 Å². The van der Waals surface area contributed by atoms with Gasteiger partial charge in [0.25, 0.3) is 0 Å². The van der Waals surface area contributed by atoms with Crippen LogP contribution in [0.25, 0.3) is 33.4 Å². The van der Waals surface area contributed by atoms with Crippen molar-refractivity contribution in [3.8, 4) is 33.4 Å². The van der Waals surface area contributed by atoms with Crippen LogP contribution in [0.15, 0.2) is 127 Å². The summed E-state index contributed by atoms with van der Waals surface area (Å²) in [5, 5.41) is 0.789. The normalized spacial score (nSPS) is 11.2. The van der Waals surface area contributed by atoms with Crippen LogP contribution in [0, 0.1) is 0 Å². The zero-order chi connectivity index (χ0) is 21.8. The van der Waals surface area contributed by atoms with Crippen LogP contribution >= 0.6 is 11.6 Å². The Morgan fingerprint density at radius 2 is 0.906 bits per heavy atom. The summed E-state index contributed by atoms with van der Waals surface area (Å²) in [6.07, 6.45) is 0. The van der Waals surface area contributed by atoms with E-state index < -0.39 is 15.8 Å². The van der Waals surface area contributed by atoms with Gasteiger partial charge >= 0.3 is 202 Å². The van der Waals surface area contributed by atoms with Crippen molar-refractivity contribution in [2.75, 3.05) is 0 Å². The Morgan fingerprint density at radius 3 is 1.53 bits per heavy atom. The number of benzene rings is 5. The van der Waals surface area contributed by atoms with Crippen molar-refractivity contribution in [2.45, 2.75) is 0 Å². The van der Waals surface area contributed by atoms with Crippen LogP contribution in [-0.4, -0.2) is 15.8 Å². The van der Waals surface area contributed by atoms with Crippen LogP contribution in [0.5, 0.6) is 0 Å². The fourth-order valence-corrected chi connectivity index (χ4v) is 6.33. The molecule has 0 aromatic heterocycles. The van der Waals surface area contributed by atoms with Crippen molar-refractivity contribution in [3.05, 3.63) is 132 Å². The van der Waals surface area contributed by atoms with Crippen LogP contribution in [0.3, 0.4) is 0 Å². The Labute approximate surface area is 201 Å². The SMILES string of the molecule is Clc1ccc([AsH]c2ccc(-c3ccccc3)c(-c3ccccc3-c3ccccc3)c2)cc1. The van der Waals surface area contributed by atoms with Crippen molar-refractivity contribution < 1.29 is 0 Å². The third kappa shape index (κ3) is 4.58. The molecule has 0 aliphatic heterocycles. The van der Waals surface area contributed by atoms with Crippen molar-refractivity contribution in [1.29, 1.82) is 0 Å². The Kier molecular flexibility index (Phi) is 6.26. The minimum absolute atomic E-state index is 0.459. The van der Waals surface area contributed by atoms with E-state index in [9.17, 15) is 0 Å². The van der Waals surface area contributed by atoms with Gasteiger partial charge in [-0.05, 0) is 0 Å². The van der Waals surface area contributed by atoms with Gasteiger partial charge in [0.1, 0.15) is 0 Å². The standard InChI is InChI=1S/C30H22AsCl/c32-26-18-15-24(16-19-26)31-25-17-20-28(23-11-5-2-6-12-23)30(21-25)29-14-8-7-13-27(29)22-9-3-1-4-10-22/h1-21,31H. The summed E-state index contributed by atoms with van der Waals surface area (Å²) in [6, 6.07) is 45.3. The maximum atomic E-state index is 6.10. The molecule has 0 saturated heterocycles. The Balaban J connectivity index is 1.67. The molecule has 0 fully saturated rings. The molecular formula is C30H22AsCl. The van der Waals surface area contributed by atoms with Gasteiger partial charge < -0.3 is 0 Å². The quantitative estimate of drug-likeness (QED) is 0.239. The van der Waals surface area contributed by atoms with Gasteiger partial charge in [-0.15, -0.1) is 0 Å². The van der Waals surface area contributed by atoms with E-state index in [2.05, 4.69) is 115 Å². The minimum atomic E-state index is -0.459. The van der Waals surface area contributed by atoms with Crippen LogP contribution in [0.1, 0.15) is 0 Å². The molecule has 1 atom stereocenters. The topological polar surface area (TPSA) is 0 Å². The van der Waals surface area contributed by atoms with Crippen LogP contribution in [0.2, 0.25) is 5.02 Å². The van der Waals surface area contributed by atoms with E-state index in [0.29, 0.717) is 0 Å². The molecule has 5 rings (SSSR count). The van der Waals surface area contributed by atoms with E-state index in [0.717, 1.165) is 5.02 Å². The molecule has 32 heavy (non-hydrogen) atoms. The average Bonchev–Trinajstić information content (AvgIpc) is 2.86. The van der Waals surface area contributed by atoms with Gasteiger partial charge in [0.05, 0.1) is 0 Å². The monoisotopic (exact) mass is 492 g/mol. The zero-order valence-electron chi connectivity index (χ0n) is 17.5. The summed E-state index contributed by atoms with van der Waals surface area (Å²) in [7, 11) is 0. The summed E-state index contributed by atoms with van der Waals surface area (Å²) < 4.78 is 2.79. The molecule has 5 aromatic rings. The summed E-state index contributed by atoms with van der Waals surface area (Å²) in [6.45, 7) is 0. The molecule has 0 aliphatic carbocycles. The molecule has 1 unspecified atom stereocenters. The molecule has 0 aliphatic rings. The predicted octanol–water partition coefficient (Wildman–Crippen LogP) is 6.73. The van der Waals surface area contributed by atoms with Gasteiger partial charge in [-0.1, -0.05) is 0 Å². The fraction of sp³-hybridized carbons (Fsp3) is 0. The molecule has 0 bridgehead atoms. The molecule has 0 nitrogen and oxygen atoms in total. The first-order valence-corrected chi connectivity index (χ1v) is 13.1. The Hall–Kier alpha value is -3.05. The Morgan fingerprint density at radius 1 is 0.406 bits per heavy atom. The number of rotatable bonds is 5. The second-order valence-electron chi connectivity index (χ2n) is 7.67. The summed E-state index contributed by atoms with van der Waals surface area (Å²) >= 11 is 5.64. The second kappa shape index (κ2) is 9.61. The average molecular weight is 493 g/mol. The van der Waals surface area contributed by atoms with E-state index in [1.54, 1.807) is 0 Å². The van der Waals surface area contributed by atoms with E-state index in [1.807, 2.05) is 12.1 Å². The molecule has 5 aromatic carbocycles. The van der Waals surface area contributed by atoms with Gasteiger partial charge in [-0.25, -0.2) is 0 Å². The summed E-state index contributed by atoms with van der Waals surface area (Å²) in [5.74, 6) is 0. The fourth-order valence-electron chi connectivity index (χ4n) is 4.00. The first-order chi connectivity index (χ1) is 15.8. The van der Waals surface area contributed by atoms with E-state index in [-0.39, 0.29) is 0 Å². The molecule has 0 amide bonds. The maximum absolute atomic E-state index is 6.10. The van der Waals surface area contributed by atoms with E-state index >= 15 is 0 Å². The van der Waals surface area contributed by atoms with Gasteiger partial charge in [0.2, 0.25) is 0 Å². The number of hydrogen-bond acceptors (Lipinski definition) is 0. The molecule has 0 heterocycles. The van der Waals surface area contributed by atoms with E-state index in [1.165, 1.54) is 42.1 Å². The molecule has 0 saturated carbocycles. The van der Waals surface area contributed by atoms with Gasteiger partial charge in [-0.2, -0.15) is 0 Å². The predicted molar refractivity (Wildman–Crippen MR) is 141 cm³/mol. The first-order valence-electron chi connectivity index (χ1n) is 10.6. The molecular weight excluding hydrogens is 471 g/mol. The first kappa shape index (κ1) is 20.8. The van der Waals surface area contributed by atoms with Gasteiger partial charge in [0.15, 0.2) is 0 Å². The van der Waals surface area contributed by atoms with Gasteiger partial charge in [-0.3, -0.25) is 0 Å². The summed E-state index contributed by atoms with van der Waals surface area (Å²) in [5.41, 5.74) is 7.55. The van der Waals surface area contributed by atoms with Crippen LogP contribution in [0.4, 0.5) is 0 Å².